The van der Waals surface area contributed by atoms with Crippen molar-refractivity contribution in [3.8, 4) is 5.75 Å². The van der Waals surface area contributed by atoms with Crippen molar-refractivity contribution in [1.82, 2.24) is 0 Å². The van der Waals surface area contributed by atoms with Crippen molar-refractivity contribution in [3.63, 3.8) is 0 Å². The van der Waals surface area contributed by atoms with Gasteiger partial charge in [-0.25, -0.2) is 0 Å². The lowest BCUT2D eigenvalue weighted by Gasteiger charge is -2.14. The van der Waals surface area contributed by atoms with Crippen LogP contribution in [-0.2, 0) is 35.3 Å². The van der Waals surface area contributed by atoms with Gasteiger partial charge in [-0.15, -0.1) is 0 Å². The number of aromatic hydroxyl groups is 1. The van der Waals surface area contributed by atoms with Crippen LogP contribution in [0.2, 0.25) is 5.02 Å². The van der Waals surface area contributed by atoms with Gasteiger partial charge in [0, 0.05) is 28.1 Å². The number of carboxylic acid groups (broad SMARTS) is 1. The third-order valence-corrected chi connectivity index (χ3v) is 6.47. The Labute approximate surface area is 209 Å². The van der Waals surface area contributed by atoms with E-state index in [0.29, 0.717) is 34.0 Å². The first kappa shape index (κ1) is 24.5. The van der Waals surface area contributed by atoms with Crippen LogP contribution in [0.1, 0.15) is 47.2 Å². The van der Waals surface area contributed by atoms with Crippen molar-refractivity contribution >= 4 is 34.9 Å². The van der Waals surface area contributed by atoms with Gasteiger partial charge >= 0.3 is 5.97 Å². The minimum Gasteiger partial charge on any atom is -0.508 e. The summed E-state index contributed by atoms with van der Waals surface area (Å²) >= 11 is 6.29. The van der Waals surface area contributed by atoms with Gasteiger partial charge in [-0.3, -0.25) is 14.6 Å². The first-order valence-electron chi connectivity index (χ1n) is 11.6. The van der Waals surface area contributed by atoms with E-state index in [1.807, 2.05) is 6.07 Å². The second-order valence-electron chi connectivity index (χ2n) is 8.60. The third-order valence-electron chi connectivity index (χ3n) is 6.24. The summed E-state index contributed by atoms with van der Waals surface area (Å²) < 4.78 is 0. The predicted molar refractivity (Wildman–Crippen MR) is 138 cm³/mol. The largest absolute Gasteiger partial charge is 0.508 e. The lowest BCUT2D eigenvalue weighted by atomic mass is 9.96. The van der Waals surface area contributed by atoms with Gasteiger partial charge in [0.1, 0.15) is 11.8 Å². The number of carbonyl (C=O) groups excluding carboxylic acids is 1. The highest BCUT2D eigenvalue weighted by molar-refractivity contribution is 6.32. The molecule has 0 aromatic heterocycles. The molecule has 4 rings (SSSR count). The standard InChI is InChI=1S/C28H27ClN2O4/c1-3-17-6-5-16(11-18(17)4-2)12-24-28(35)31-23-9-8-21(29)15-22(23)27(30-24)19-7-10-25(32)20(13-19)14-26(33)34/h5-11,13,15,24,32H,3-4,12,14H2,1-2H3,(H,31,35)(H,33,34). The number of phenols is 1. The number of benzodiazepines with no additional fused rings is 1. The molecule has 0 saturated carbocycles. The number of aliphatic imine (C=N–C) groups is 1. The average molecular weight is 491 g/mol. The highest BCUT2D eigenvalue weighted by Crippen LogP contribution is 2.30. The predicted octanol–water partition coefficient (Wildman–Crippen LogP) is 5.20. The topological polar surface area (TPSA) is 99.0 Å². The molecule has 0 bridgehead atoms. The van der Waals surface area contributed by atoms with Crippen molar-refractivity contribution in [2.45, 2.75) is 45.6 Å². The summed E-state index contributed by atoms with van der Waals surface area (Å²) in [4.78, 5) is 29.4. The third kappa shape index (κ3) is 5.38. The molecule has 6 nitrogen and oxygen atoms in total. The van der Waals surface area contributed by atoms with E-state index in [9.17, 15) is 19.8 Å². The fourth-order valence-electron chi connectivity index (χ4n) is 4.43. The molecule has 180 valence electrons. The smallest absolute Gasteiger partial charge is 0.307 e. The summed E-state index contributed by atoms with van der Waals surface area (Å²) in [5.74, 6) is -1.39. The van der Waals surface area contributed by atoms with Crippen molar-refractivity contribution in [2.24, 2.45) is 4.99 Å². The molecule has 1 atom stereocenters. The fourth-order valence-corrected chi connectivity index (χ4v) is 4.60. The molecule has 0 radical (unpaired) electrons. The van der Waals surface area contributed by atoms with Gasteiger partial charge in [-0.2, -0.15) is 0 Å². The molecule has 0 aliphatic carbocycles. The molecule has 0 saturated heterocycles. The van der Waals surface area contributed by atoms with E-state index in [2.05, 4.69) is 31.3 Å². The quantitative estimate of drug-likeness (QED) is 0.424. The Kier molecular flexibility index (Phi) is 7.22. The van der Waals surface area contributed by atoms with Crippen molar-refractivity contribution < 1.29 is 19.8 Å². The number of benzene rings is 3. The monoisotopic (exact) mass is 490 g/mol. The number of anilines is 1. The van der Waals surface area contributed by atoms with Crippen molar-refractivity contribution in [1.29, 1.82) is 0 Å². The normalized spacial score (nSPS) is 15.1. The number of aliphatic carboxylic acids is 1. The maximum atomic E-state index is 13.2. The van der Waals surface area contributed by atoms with Gasteiger partial charge in [0.15, 0.2) is 0 Å². The van der Waals surface area contributed by atoms with Crippen LogP contribution in [0, 0.1) is 0 Å². The van der Waals surface area contributed by atoms with E-state index in [1.165, 1.54) is 17.2 Å². The zero-order chi connectivity index (χ0) is 25.1. The Morgan fingerprint density at radius 3 is 2.49 bits per heavy atom. The summed E-state index contributed by atoms with van der Waals surface area (Å²) in [7, 11) is 0. The number of carboxylic acids is 1. The highest BCUT2D eigenvalue weighted by Gasteiger charge is 2.27. The van der Waals surface area contributed by atoms with Crippen molar-refractivity contribution in [2.75, 3.05) is 5.32 Å². The zero-order valence-electron chi connectivity index (χ0n) is 19.6. The Morgan fingerprint density at radius 2 is 1.77 bits per heavy atom. The summed E-state index contributed by atoms with van der Waals surface area (Å²) in [6.07, 6.45) is 1.94. The Balaban J connectivity index is 1.82. The molecule has 0 spiro atoms. The minimum absolute atomic E-state index is 0.106. The molecule has 1 unspecified atom stereocenters. The molecule has 1 aliphatic heterocycles. The lowest BCUT2D eigenvalue weighted by molar-refractivity contribution is -0.136. The zero-order valence-corrected chi connectivity index (χ0v) is 20.4. The number of nitrogens with one attached hydrogen (secondary N) is 1. The average Bonchev–Trinajstić information content (AvgIpc) is 2.96. The second kappa shape index (κ2) is 10.3. The van der Waals surface area contributed by atoms with E-state index in [-0.39, 0.29) is 23.6 Å². The summed E-state index contributed by atoms with van der Waals surface area (Å²) in [6.45, 7) is 4.24. The van der Waals surface area contributed by atoms with Gasteiger partial charge in [0.05, 0.1) is 17.8 Å². The van der Waals surface area contributed by atoms with Gasteiger partial charge in [0.2, 0.25) is 5.91 Å². The van der Waals surface area contributed by atoms with Crippen LogP contribution < -0.4 is 5.32 Å². The fraction of sp³-hybridized carbons (Fsp3) is 0.250. The van der Waals surface area contributed by atoms with Crippen LogP contribution in [0.25, 0.3) is 0 Å². The summed E-state index contributed by atoms with van der Waals surface area (Å²) in [5, 5.41) is 22.9. The van der Waals surface area contributed by atoms with E-state index in [4.69, 9.17) is 16.6 Å². The van der Waals surface area contributed by atoms with Gasteiger partial charge in [-0.05, 0) is 65.9 Å². The molecule has 1 aliphatic rings. The number of halogens is 1. The number of amides is 1. The van der Waals surface area contributed by atoms with Crippen molar-refractivity contribution in [3.05, 3.63) is 93.0 Å². The Hall–Kier alpha value is -3.64. The number of aryl methyl sites for hydroxylation is 2. The molecule has 0 fully saturated rings. The number of nitrogens with zero attached hydrogens (tertiary/aromatic N) is 1. The van der Waals surface area contributed by atoms with Gasteiger partial charge < -0.3 is 15.5 Å². The van der Waals surface area contributed by atoms with E-state index in [0.717, 1.165) is 18.4 Å². The van der Waals surface area contributed by atoms with Crippen LogP contribution >= 0.6 is 11.6 Å². The molecular weight excluding hydrogens is 464 g/mol. The van der Waals surface area contributed by atoms with E-state index >= 15 is 0 Å². The summed E-state index contributed by atoms with van der Waals surface area (Å²) in [5.41, 5.74) is 6.16. The van der Waals surface area contributed by atoms with Crippen LogP contribution in [0.15, 0.2) is 59.6 Å². The van der Waals surface area contributed by atoms with Crippen LogP contribution in [0.3, 0.4) is 0 Å². The molecule has 3 aromatic carbocycles. The highest BCUT2D eigenvalue weighted by atomic mass is 35.5. The number of fused-ring (bicyclic) bond motifs is 1. The lowest BCUT2D eigenvalue weighted by Crippen LogP contribution is -2.27. The maximum absolute atomic E-state index is 13.2. The van der Waals surface area contributed by atoms with Gasteiger partial charge in [-0.1, -0.05) is 43.6 Å². The molecule has 7 heteroatoms. The van der Waals surface area contributed by atoms with Crippen LogP contribution in [0.5, 0.6) is 5.75 Å². The molecular formula is C28H27ClN2O4. The Bertz CT molecular complexity index is 1330. The van der Waals surface area contributed by atoms with Gasteiger partial charge in [0.25, 0.3) is 0 Å². The molecule has 1 amide bonds. The summed E-state index contributed by atoms with van der Waals surface area (Å²) in [6, 6.07) is 15.5. The van der Waals surface area contributed by atoms with E-state index < -0.39 is 12.0 Å². The van der Waals surface area contributed by atoms with Crippen LogP contribution in [0.4, 0.5) is 5.69 Å². The van der Waals surface area contributed by atoms with Crippen LogP contribution in [-0.4, -0.2) is 33.8 Å². The number of carbonyl (C=O) groups is 2. The first-order chi connectivity index (χ1) is 16.8. The first-order valence-corrected chi connectivity index (χ1v) is 12.0. The number of hydrogen-bond donors (Lipinski definition) is 3. The number of hydrogen-bond acceptors (Lipinski definition) is 4. The molecule has 3 aromatic rings. The SMILES string of the molecule is CCc1ccc(CC2N=C(c3ccc(O)c(CC(=O)O)c3)c3cc(Cl)ccc3NC2=O)cc1CC. The Morgan fingerprint density at radius 1 is 1.00 bits per heavy atom. The molecule has 35 heavy (non-hydrogen) atoms. The molecule has 1 heterocycles. The molecule has 3 N–H and O–H groups in total. The maximum Gasteiger partial charge on any atom is 0.307 e. The van der Waals surface area contributed by atoms with E-state index in [1.54, 1.807) is 30.3 Å². The number of phenolic OH excluding ortho intramolecular Hbond substituents is 1. The number of rotatable bonds is 7. The second-order valence-corrected chi connectivity index (χ2v) is 9.04. The minimum atomic E-state index is -1.05.